The number of halogens is 6. The number of alkyl halides is 6. The van der Waals surface area contributed by atoms with E-state index in [1.54, 1.807) is 0 Å². The molecule has 2 nitrogen and oxygen atoms in total. The van der Waals surface area contributed by atoms with Crippen LogP contribution in [0.25, 0.3) is 10.8 Å². The van der Waals surface area contributed by atoms with E-state index in [2.05, 4.69) is 0 Å². The summed E-state index contributed by atoms with van der Waals surface area (Å²) in [7, 11) is 0. The normalized spacial score (nSPS) is 17.3. The highest BCUT2D eigenvalue weighted by Gasteiger charge is 2.71. The number of anilines is 1. The maximum Gasteiger partial charge on any atom is 0.430 e. The van der Waals surface area contributed by atoms with E-state index in [4.69, 9.17) is 0 Å². The van der Waals surface area contributed by atoms with Gasteiger partial charge in [-0.2, -0.15) is 26.3 Å². The fourth-order valence-corrected chi connectivity index (χ4v) is 4.26. The summed E-state index contributed by atoms with van der Waals surface area (Å²) in [6.07, 6.45) is -11.5. The molecule has 0 bridgehead atoms. The second kappa shape index (κ2) is 7.15. The number of nitrogens with zero attached hydrogens (tertiary/aromatic N) is 1. The Labute approximate surface area is 174 Å². The van der Waals surface area contributed by atoms with Crippen molar-refractivity contribution in [3.63, 3.8) is 0 Å². The van der Waals surface area contributed by atoms with Crippen molar-refractivity contribution in [3.8, 4) is 0 Å². The Kier molecular flexibility index (Phi) is 4.96. The van der Waals surface area contributed by atoms with Crippen molar-refractivity contribution in [2.24, 2.45) is 0 Å². The van der Waals surface area contributed by atoms with Gasteiger partial charge in [-0.25, -0.2) is 0 Å². The van der Waals surface area contributed by atoms with Gasteiger partial charge < -0.3 is 10.0 Å². The predicted molar refractivity (Wildman–Crippen MR) is 106 cm³/mol. The van der Waals surface area contributed by atoms with Crippen LogP contribution >= 0.6 is 0 Å². The number of rotatable bonds is 3. The Morgan fingerprint density at radius 1 is 0.903 bits per heavy atom. The summed E-state index contributed by atoms with van der Waals surface area (Å²) in [4.78, 5) is 1.96. The first-order valence-electron chi connectivity index (χ1n) is 9.66. The minimum atomic E-state index is -5.90. The first-order chi connectivity index (χ1) is 14.4. The molecule has 0 saturated heterocycles. The molecule has 3 aromatic rings. The van der Waals surface area contributed by atoms with Crippen LogP contribution in [0.3, 0.4) is 0 Å². The van der Waals surface area contributed by atoms with E-state index in [0.717, 1.165) is 22.4 Å². The Balaban J connectivity index is 1.73. The second-order valence-corrected chi connectivity index (χ2v) is 7.87. The van der Waals surface area contributed by atoms with Gasteiger partial charge in [0.2, 0.25) is 0 Å². The third-order valence-electron chi connectivity index (χ3n) is 5.90. The van der Waals surface area contributed by atoms with Crippen LogP contribution in [0.15, 0.2) is 60.7 Å². The summed E-state index contributed by atoms with van der Waals surface area (Å²) in [6, 6.07) is 16.3. The van der Waals surface area contributed by atoms with Gasteiger partial charge in [0.05, 0.1) is 0 Å². The van der Waals surface area contributed by atoms with Crippen LogP contribution in [0.2, 0.25) is 0 Å². The first-order valence-corrected chi connectivity index (χ1v) is 9.66. The minimum absolute atomic E-state index is 0.130. The van der Waals surface area contributed by atoms with Gasteiger partial charge in [-0.05, 0) is 41.3 Å². The predicted octanol–water partition coefficient (Wildman–Crippen LogP) is 6.10. The molecule has 0 amide bonds. The van der Waals surface area contributed by atoms with E-state index in [9.17, 15) is 31.4 Å². The molecule has 1 atom stereocenters. The highest BCUT2D eigenvalue weighted by Crippen LogP contribution is 2.51. The fourth-order valence-electron chi connectivity index (χ4n) is 4.26. The Bertz CT molecular complexity index is 1100. The van der Waals surface area contributed by atoms with Gasteiger partial charge in [0.15, 0.2) is 0 Å². The Hall–Kier alpha value is -2.74. The average molecular weight is 439 g/mol. The summed E-state index contributed by atoms with van der Waals surface area (Å²) in [6.45, 7) is 2.32. The van der Waals surface area contributed by atoms with Crippen molar-refractivity contribution in [3.05, 3.63) is 77.4 Å². The molecule has 1 aliphatic rings. The molecule has 1 unspecified atom stereocenters. The number of hydrogen-bond acceptors (Lipinski definition) is 2. The van der Waals surface area contributed by atoms with E-state index >= 15 is 0 Å². The molecule has 0 spiro atoms. The van der Waals surface area contributed by atoms with Gasteiger partial charge >= 0.3 is 12.4 Å². The number of aliphatic hydroxyl groups is 1. The summed E-state index contributed by atoms with van der Waals surface area (Å²) in [5, 5.41) is 11.8. The molecular formula is C23H19F6NO. The van der Waals surface area contributed by atoms with Crippen LogP contribution in [-0.4, -0.2) is 23.5 Å². The van der Waals surface area contributed by atoms with Gasteiger partial charge in [0, 0.05) is 23.8 Å². The molecule has 31 heavy (non-hydrogen) atoms. The Morgan fingerprint density at radius 3 is 2.23 bits per heavy atom. The lowest BCUT2D eigenvalue weighted by atomic mass is 9.90. The molecule has 0 saturated carbocycles. The third-order valence-corrected chi connectivity index (χ3v) is 5.90. The van der Waals surface area contributed by atoms with Crippen molar-refractivity contribution in [1.82, 2.24) is 0 Å². The average Bonchev–Trinajstić information content (AvgIpc) is 3.00. The molecule has 4 rings (SSSR count). The van der Waals surface area contributed by atoms with Crippen molar-refractivity contribution in [1.29, 1.82) is 0 Å². The topological polar surface area (TPSA) is 23.5 Å². The van der Waals surface area contributed by atoms with E-state index in [-0.39, 0.29) is 12.5 Å². The van der Waals surface area contributed by atoms with Gasteiger partial charge in [0.1, 0.15) is 0 Å². The van der Waals surface area contributed by atoms with Crippen LogP contribution in [0.1, 0.15) is 23.6 Å². The molecule has 0 radical (unpaired) electrons. The smallest absolute Gasteiger partial charge is 0.369 e. The molecule has 0 aliphatic carbocycles. The molecule has 1 N–H and O–H groups in total. The zero-order valence-electron chi connectivity index (χ0n) is 16.4. The third kappa shape index (κ3) is 3.43. The molecule has 3 aromatic carbocycles. The van der Waals surface area contributed by atoms with E-state index in [1.807, 2.05) is 54.3 Å². The molecular weight excluding hydrogens is 420 g/mol. The zero-order chi connectivity index (χ0) is 22.6. The molecule has 164 valence electrons. The lowest BCUT2D eigenvalue weighted by Crippen LogP contribution is -2.53. The summed E-state index contributed by atoms with van der Waals surface area (Å²) >= 11 is 0. The van der Waals surface area contributed by atoms with Gasteiger partial charge in [0.25, 0.3) is 5.60 Å². The highest BCUT2D eigenvalue weighted by molar-refractivity contribution is 5.86. The lowest BCUT2D eigenvalue weighted by Gasteiger charge is -2.33. The molecule has 0 aromatic heterocycles. The van der Waals surface area contributed by atoms with Gasteiger partial charge in [-0.3, -0.25) is 0 Å². The molecule has 1 aliphatic heterocycles. The monoisotopic (exact) mass is 439 g/mol. The van der Waals surface area contributed by atoms with E-state index < -0.39 is 23.5 Å². The second-order valence-electron chi connectivity index (χ2n) is 7.87. The van der Waals surface area contributed by atoms with Crippen molar-refractivity contribution in [2.45, 2.75) is 43.9 Å². The van der Waals surface area contributed by atoms with Crippen molar-refractivity contribution >= 4 is 16.5 Å². The molecule has 0 fully saturated rings. The van der Waals surface area contributed by atoms with Gasteiger partial charge in [-0.1, -0.05) is 54.6 Å². The first kappa shape index (κ1) is 21.5. The Morgan fingerprint density at radius 2 is 1.55 bits per heavy atom. The molecule has 8 heteroatoms. The molecule has 1 heterocycles. The largest absolute Gasteiger partial charge is 0.430 e. The lowest BCUT2D eigenvalue weighted by molar-refractivity contribution is -0.376. The summed E-state index contributed by atoms with van der Waals surface area (Å²) in [5.41, 5.74) is -4.22. The van der Waals surface area contributed by atoms with Crippen molar-refractivity contribution < 1.29 is 31.4 Å². The summed E-state index contributed by atoms with van der Waals surface area (Å²) < 4.78 is 79.5. The number of hydrogen-bond donors (Lipinski definition) is 1. The van der Waals surface area contributed by atoms with Crippen LogP contribution in [0.5, 0.6) is 0 Å². The number of fused-ring (bicyclic) bond motifs is 2. The highest BCUT2D eigenvalue weighted by atomic mass is 19.4. The SMILES string of the molecule is CC1Cc2cc(C(O)(C(F)(F)F)C(F)(F)F)ccc2N1Cc1cccc2ccccc12. The van der Waals surface area contributed by atoms with Crippen molar-refractivity contribution in [2.75, 3.05) is 4.90 Å². The summed E-state index contributed by atoms with van der Waals surface area (Å²) in [5.74, 6) is 0. The van der Waals surface area contributed by atoms with Gasteiger partial charge in [-0.15, -0.1) is 0 Å². The minimum Gasteiger partial charge on any atom is -0.369 e. The van der Waals surface area contributed by atoms with Crippen LogP contribution in [0, 0.1) is 0 Å². The maximum absolute atomic E-state index is 13.2. The fraction of sp³-hybridized carbons (Fsp3) is 0.304. The number of benzene rings is 3. The van der Waals surface area contributed by atoms with Crippen LogP contribution < -0.4 is 4.90 Å². The van der Waals surface area contributed by atoms with Crippen LogP contribution in [-0.2, 0) is 18.6 Å². The van der Waals surface area contributed by atoms with Crippen LogP contribution in [0.4, 0.5) is 32.0 Å². The van der Waals surface area contributed by atoms with E-state index in [0.29, 0.717) is 23.9 Å². The maximum atomic E-state index is 13.2. The zero-order valence-corrected chi connectivity index (χ0v) is 16.4. The quantitative estimate of drug-likeness (QED) is 0.499. The standard InChI is InChI=1S/C23H19F6NO/c1-14-11-17-12-18(21(31,22(24,25)26)23(27,28)29)9-10-20(17)30(14)13-16-7-4-6-15-5-2-3-8-19(15)16/h2-10,12,14,31H,11,13H2,1H3. The van der Waals surface area contributed by atoms with E-state index in [1.165, 1.54) is 6.07 Å².